The number of hydrogen-bond donors (Lipinski definition) is 0. The Morgan fingerprint density at radius 1 is 1.43 bits per heavy atom. The molecule has 0 aliphatic heterocycles. The fourth-order valence-corrected chi connectivity index (χ4v) is 1.72. The van der Waals surface area contributed by atoms with Crippen molar-refractivity contribution in [1.29, 1.82) is 0 Å². The van der Waals surface area contributed by atoms with E-state index < -0.39 is 0 Å². The number of rotatable bonds is 5. The molecule has 0 aliphatic rings. The highest BCUT2D eigenvalue weighted by atomic mass is 32.2. The Labute approximate surface area is 90.6 Å². The average molecular weight is 207 g/mol. The van der Waals surface area contributed by atoms with Crippen LogP contribution in [0.4, 0.5) is 0 Å². The van der Waals surface area contributed by atoms with Crippen molar-refractivity contribution in [3.63, 3.8) is 0 Å². The minimum absolute atomic E-state index is 1.06. The van der Waals surface area contributed by atoms with Crippen molar-refractivity contribution in [2.45, 2.75) is 26.7 Å². The lowest BCUT2D eigenvalue weighted by Gasteiger charge is -1.97. The second-order valence-corrected chi connectivity index (χ2v) is 4.13. The molecule has 0 fully saturated rings. The molecule has 0 N–H and O–H groups in total. The molecule has 14 heavy (non-hydrogen) atoms. The van der Waals surface area contributed by atoms with Gasteiger partial charge in [0.25, 0.3) is 0 Å². The molecule has 0 bridgehead atoms. The molecule has 1 heterocycles. The Hall–Kier alpha value is -0.760. The predicted octanol–water partition coefficient (Wildman–Crippen LogP) is 3.76. The Bertz CT molecular complexity index is 294. The Balaban J connectivity index is 2.53. The van der Waals surface area contributed by atoms with Crippen LogP contribution in [0, 0.1) is 0 Å². The van der Waals surface area contributed by atoms with Crippen LogP contribution in [0.15, 0.2) is 23.7 Å². The third kappa shape index (κ3) is 3.97. The van der Waals surface area contributed by atoms with Crippen LogP contribution >= 0.6 is 11.8 Å². The first-order valence-electron chi connectivity index (χ1n) is 5.10. The van der Waals surface area contributed by atoms with E-state index in [9.17, 15) is 0 Å². The van der Waals surface area contributed by atoms with Crippen molar-refractivity contribution in [3.8, 4) is 0 Å². The van der Waals surface area contributed by atoms with E-state index in [-0.39, 0.29) is 0 Å². The van der Waals surface area contributed by atoms with E-state index in [1.165, 1.54) is 17.7 Å². The quantitative estimate of drug-likeness (QED) is 0.682. The minimum atomic E-state index is 1.06. The maximum absolute atomic E-state index is 4.28. The normalized spacial score (nSPS) is 11.0. The maximum Gasteiger partial charge on any atom is 0.0637 e. The summed E-state index contributed by atoms with van der Waals surface area (Å²) in [4.78, 5) is 4.28. The van der Waals surface area contributed by atoms with Crippen LogP contribution < -0.4 is 0 Å². The lowest BCUT2D eigenvalue weighted by Crippen LogP contribution is -1.84. The molecule has 0 unspecified atom stereocenters. The van der Waals surface area contributed by atoms with E-state index in [0.717, 1.165) is 12.1 Å². The van der Waals surface area contributed by atoms with Crippen LogP contribution in [0.5, 0.6) is 0 Å². The third-order valence-electron chi connectivity index (χ3n) is 1.91. The van der Waals surface area contributed by atoms with Gasteiger partial charge in [-0.3, -0.25) is 4.98 Å². The van der Waals surface area contributed by atoms with E-state index >= 15 is 0 Å². The van der Waals surface area contributed by atoms with Crippen LogP contribution in [0.3, 0.4) is 0 Å². The maximum atomic E-state index is 4.28. The van der Waals surface area contributed by atoms with Crippen molar-refractivity contribution >= 4 is 17.8 Å². The molecule has 1 nitrogen and oxygen atoms in total. The molecule has 0 saturated heterocycles. The van der Waals surface area contributed by atoms with Gasteiger partial charge in [0.05, 0.1) is 5.69 Å². The second kappa shape index (κ2) is 6.66. The summed E-state index contributed by atoms with van der Waals surface area (Å²) in [6.07, 6.45) is 6.26. The van der Waals surface area contributed by atoms with E-state index in [2.05, 4.69) is 42.4 Å². The van der Waals surface area contributed by atoms with E-state index in [4.69, 9.17) is 0 Å². The highest BCUT2D eigenvalue weighted by Gasteiger charge is 1.91. The van der Waals surface area contributed by atoms with Crippen molar-refractivity contribution < 1.29 is 0 Å². The van der Waals surface area contributed by atoms with Gasteiger partial charge in [0.1, 0.15) is 0 Å². The van der Waals surface area contributed by atoms with Crippen molar-refractivity contribution in [2.24, 2.45) is 0 Å². The lowest BCUT2D eigenvalue weighted by molar-refractivity contribution is 1.11. The predicted molar refractivity (Wildman–Crippen MR) is 65.4 cm³/mol. The first kappa shape index (κ1) is 11.3. The third-order valence-corrected chi connectivity index (χ3v) is 2.88. The summed E-state index contributed by atoms with van der Waals surface area (Å²) in [5, 5.41) is 2.13. The zero-order chi connectivity index (χ0) is 10.2. The van der Waals surface area contributed by atoms with Crippen molar-refractivity contribution in [1.82, 2.24) is 4.98 Å². The summed E-state index contributed by atoms with van der Waals surface area (Å²) < 4.78 is 0. The molecule has 0 saturated carbocycles. The van der Waals surface area contributed by atoms with E-state index in [1.54, 1.807) is 0 Å². The molecule has 1 rings (SSSR count). The molecule has 0 atom stereocenters. The van der Waals surface area contributed by atoms with Gasteiger partial charge in [-0.1, -0.05) is 13.8 Å². The van der Waals surface area contributed by atoms with Crippen molar-refractivity contribution in [2.75, 3.05) is 5.75 Å². The van der Waals surface area contributed by atoms with Crippen LogP contribution in [0.1, 0.15) is 31.5 Å². The molecule has 1 aromatic rings. The fraction of sp³-hybridized carbons (Fsp3) is 0.417. The Kier molecular flexibility index (Phi) is 5.38. The zero-order valence-corrected chi connectivity index (χ0v) is 9.68. The van der Waals surface area contributed by atoms with Crippen molar-refractivity contribution in [3.05, 3.63) is 35.0 Å². The first-order chi connectivity index (χ1) is 6.86. The monoisotopic (exact) mass is 207 g/mol. The summed E-state index contributed by atoms with van der Waals surface area (Å²) in [6.45, 7) is 4.35. The molecule has 76 valence electrons. The lowest BCUT2D eigenvalue weighted by atomic mass is 10.2. The standard InChI is InChI=1S/C12H17NS/c1-3-8-14-9-6-12-10-11(4-2)5-7-13-12/h5-7,9-10H,3-4,8H2,1-2H3/b9-6+. The van der Waals surface area contributed by atoms with Crippen LogP contribution in [-0.2, 0) is 6.42 Å². The van der Waals surface area contributed by atoms with E-state index in [1.807, 2.05) is 18.0 Å². The topological polar surface area (TPSA) is 12.9 Å². The van der Waals surface area contributed by atoms with Crippen LogP contribution in [0.2, 0.25) is 0 Å². The zero-order valence-electron chi connectivity index (χ0n) is 8.86. The smallest absolute Gasteiger partial charge is 0.0637 e. The number of aryl methyl sites for hydroxylation is 1. The SMILES string of the molecule is CCCS/C=C/c1cc(CC)ccn1. The molecule has 2 heteroatoms. The number of hydrogen-bond acceptors (Lipinski definition) is 2. The molecule has 0 aromatic carbocycles. The van der Waals surface area contributed by atoms with Gasteiger partial charge in [0.15, 0.2) is 0 Å². The minimum Gasteiger partial charge on any atom is -0.257 e. The molecule has 0 aliphatic carbocycles. The molecule has 0 amide bonds. The second-order valence-electron chi connectivity index (χ2n) is 3.12. The van der Waals surface area contributed by atoms with Crippen LogP contribution in [-0.4, -0.2) is 10.7 Å². The van der Waals surface area contributed by atoms with Gasteiger partial charge in [-0.15, -0.1) is 11.8 Å². The van der Waals surface area contributed by atoms with Gasteiger partial charge in [-0.05, 0) is 47.8 Å². The number of thioether (sulfide) groups is 1. The molecular weight excluding hydrogens is 190 g/mol. The fourth-order valence-electron chi connectivity index (χ4n) is 1.11. The number of pyridine rings is 1. The molecule has 0 radical (unpaired) electrons. The van der Waals surface area contributed by atoms with Gasteiger partial charge in [-0.25, -0.2) is 0 Å². The number of nitrogens with zero attached hydrogens (tertiary/aromatic N) is 1. The first-order valence-corrected chi connectivity index (χ1v) is 6.14. The van der Waals surface area contributed by atoms with Gasteiger partial charge >= 0.3 is 0 Å². The summed E-state index contributed by atoms with van der Waals surface area (Å²) in [5.41, 5.74) is 2.41. The van der Waals surface area contributed by atoms with Gasteiger partial charge < -0.3 is 0 Å². The highest BCUT2D eigenvalue weighted by molar-refractivity contribution is 8.02. The van der Waals surface area contributed by atoms with Gasteiger partial charge in [0, 0.05) is 6.20 Å². The van der Waals surface area contributed by atoms with Gasteiger partial charge in [0.2, 0.25) is 0 Å². The molecule has 0 spiro atoms. The molecular formula is C12H17NS. The van der Waals surface area contributed by atoms with Gasteiger partial charge in [-0.2, -0.15) is 0 Å². The summed E-state index contributed by atoms with van der Waals surface area (Å²) >= 11 is 1.84. The average Bonchev–Trinajstić information content (AvgIpc) is 2.25. The largest absolute Gasteiger partial charge is 0.257 e. The highest BCUT2D eigenvalue weighted by Crippen LogP contribution is 2.09. The number of aromatic nitrogens is 1. The summed E-state index contributed by atoms with van der Waals surface area (Å²) in [6, 6.07) is 4.21. The summed E-state index contributed by atoms with van der Waals surface area (Å²) in [7, 11) is 0. The Morgan fingerprint density at radius 3 is 3.00 bits per heavy atom. The Morgan fingerprint density at radius 2 is 2.29 bits per heavy atom. The van der Waals surface area contributed by atoms with E-state index in [0.29, 0.717) is 0 Å². The summed E-state index contributed by atoms with van der Waals surface area (Å²) in [5.74, 6) is 1.18. The van der Waals surface area contributed by atoms with Crippen LogP contribution in [0.25, 0.3) is 6.08 Å². The molecule has 1 aromatic heterocycles.